The molecule has 0 bridgehead atoms. The van der Waals surface area contributed by atoms with Crippen LogP contribution in [0.1, 0.15) is 11.1 Å². The molecule has 0 atom stereocenters. The normalized spacial score (nSPS) is 13.9. The molecule has 0 radical (unpaired) electrons. The standard InChI is InChI=1S/C16H14N2O/c17-11-13-4-3-6-15(10-13)18-8-9-19-16-7-2-1-5-14(16)12-18/h1-7,10H,8-9,12H2. The molecule has 3 nitrogen and oxygen atoms in total. The van der Waals surface area contributed by atoms with E-state index in [2.05, 4.69) is 17.0 Å². The van der Waals surface area contributed by atoms with Crippen molar-refractivity contribution in [3.63, 3.8) is 0 Å². The van der Waals surface area contributed by atoms with Crippen molar-refractivity contribution in [1.82, 2.24) is 0 Å². The second-order valence-corrected chi connectivity index (χ2v) is 4.54. The molecule has 0 saturated carbocycles. The van der Waals surface area contributed by atoms with E-state index in [1.807, 2.05) is 42.5 Å². The van der Waals surface area contributed by atoms with Gasteiger partial charge in [-0.05, 0) is 24.3 Å². The van der Waals surface area contributed by atoms with Gasteiger partial charge >= 0.3 is 0 Å². The largest absolute Gasteiger partial charge is 0.491 e. The molecule has 0 N–H and O–H groups in total. The van der Waals surface area contributed by atoms with Gasteiger partial charge < -0.3 is 9.64 Å². The molecule has 0 saturated heterocycles. The highest BCUT2D eigenvalue weighted by molar-refractivity contribution is 5.53. The zero-order chi connectivity index (χ0) is 13.1. The van der Waals surface area contributed by atoms with E-state index in [-0.39, 0.29) is 0 Å². The number of anilines is 1. The third-order valence-corrected chi connectivity index (χ3v) is 3.29. The van der Waals surface area contributed by atoms with Crippen molar-refractivity contribution in [3.05, 3.63) is 59.7 Å². The number of fused-ring (bicyclic) bond motifs is 1. The minimum absolute atomic E-state index is 0.661. The fourth-order valence-corrected chi connectivity index (χ4v) is 2.32. The summed E-state index contributed by atoms with van der Waals surface area (Å²) in [5, 5.41) is 8.98. The second-order valence-electron chi connectivity index (χ2n) is 4.54. The monoisotopic (exact) mass is 250 g/mol. The topological polar surface area (TPSA) is 36.3 Å². The van der Waals surface area contributed by atoms with Crippen LogP contribution in [0.3, 0.4) is 0 Å². The van der Waals surface area contributed by atoms with E-state index in [9.17, 15) is 0 Å². The smallest absolute Gasteiger partial charge is 0.124 e. The molecule has 1 aliphatic rings. The summed E-state index contributed by atoms with van der Waals surface area (Å²) >= 11 is 0. The van der Waals surface area contributed by atoms with Crippen molar-refractivity contribution in [2.75, 3.05) is 18.1 Å². The maximum atomic E-state index is 8.98. The Bertz CT molecular complexity index is 631. The lowest BCUT2D eigenvalue weighted by Crippen LogP contribution is -2.25. The first kappa shape index (κ1) is 11.6. The predicted octanol–water partition coefficient (Wildman–Crippen LogP) is 2.96. The molecule has 1 heterocycles. The molecule has 0 amide bonds. The molecular formula is C16H14N2O. The number of nitriles is 1. The lowest BCUT2D eigenvalue weighted by molar-refractivity contribution is 0.331. The maximum absolute atomic E-state index is 8.98. The van der Waals surface area contributed by atoms with Gasteiger partial charge in [0, 0.05) is 17.8 Å². The first-order valence-electron chi connectivity index (χ1n) is 6.32. The lowest BCUT2D eigenvalue weighted by Gasteiger charge is -2.22. The Hall–Kier alpha value is -2.47. The molecule has 2 aromatic carbocycles. The predicted molar refractivity (Wildman–Crippen MR) is 74.1 cm³/mol. The van der Waals surface area contributed by atoms with Crippen LogP contribution in [-0.2, 0) is 6.54 Å². The molecule has 0 unspecified atom stereocenters. The number of nitrogens with zero attached hydrogens (tertiary/aromatic N) is 2. The molecule has 3 rings (SSSR count). The van der Waals surface area contributed by atoms with Gasteiger partial charge in [0.1, 0.15) is 12.4 Å². The number of rotatable bonds is 1. The van der Waals surface area contributed by atoms with E-state index >= 15 is 0 Å². The van der Waals surface area contributed by atoms with Crippen LogP contribution in [0.2, 0.25) is 0 Å². The zero-order valence-corrected chi connectivity index (χ0v) is 10.5. The average molecular weight is 250 g/mol. The van der Waals surface area contributed by atoms with Crippen molar-refractivity contribution in [2.24, 2.45) is 0 Å². The van der Waals surface area contributed by atoms with Gasteiger partial charge in [0.2, 0.25) is 0 Å². The molecule has 3 heteroatoms. The third kappa shape index (κ3) is 2.38. The van der Waals surface area contributed by atoms with Crippen molar-refractivity contribution in [2.45, 2.75) is 6.54 Å². The molecule has 2 aromatic rings. The quantitative estimate of drug-likeness (QED) is 0.780. The van der Waals surface area contributed by atoms with Gasteiger partial charge in [-0.25, -0.2) is 0 Å². The van der Waals surface area contributed by atoms with Gasteiger partial charge in [-0.3, -0.25) is 0 Å². The molecule has 1 aliphatic heterocycles. The number of ether oxygens (including phenoxy) is 1. The van der Waals surface area contributed by atoms with Gasteiger partial charge in [0.05, 0.1) is 18.2 Å². The Morgan fingerprint density at radius 3 is 2.89 bits per heavy atom. The van der Waals surface area contributed by atoms with E-state index in [0.29, 0.717) is 12.2 Å². The van der Waals surface area contributed by atoms with Crippen molar-refractivity contribution in [1.29, 1.82) is 5.26 Å². The number of para-hydroxylation sites is 1. The Morgan fingerprint density at radius 1 is 1.11 bits per heavy atom. The van der Waals surface area contributed by atoms with Gasteiger partial charge in [-0.2, -0.15) is 5.26 Å². The molecule has 0 aromatic heterocycles. The number of hydrogen-bond donors (Lipinski definition) is 0. The van der Waals surface area contributed by atoms with Crippen LogP contribution in [-0.4, -0.2) is 13.2 Å². The minimum atomic E-state index is 0.661. The highest BCUT2D eigenvalue weighted by Crippen LogP contribution is 2.26. The van der Waals surface area contributed by atoms with Gasteiger partial charge in [-0.1, -0.05) is 24.3 Å². The molecule has 0 aliphatic carbocycles. The first-order chi connectivity index (χ1) is 9.36. The van der Waals surface area contributed by atoms with E-state index in [0.717, 1.165) is 24.5 Å². The highest BCUT2D eigenvalue weighted by Gasteiger charge is 2.15. The molecular weight excluding hydrogens is 236 g/mol. The van der Waals surface area contributed by atoms with Crippen LogP contribution in [0.15, 0.2) is 48.5 Å². The molecule has 19 heavy (non-hydrogen) atoms. The molecule has 0 spiro atoms. The van der Waals surface area contributed by atoms with Crippen LogP contribution in [0.5, 0.6) is 5.75 Å². The third-order valence-electron chi connectivity index (χ3n) is 3.29. The minimum Gasteiger partial charge on any atom is -0.491 e. The molecule has 0 fully saturated rings. The summed E-state index contributed by atoms with van der Waals surface area (Å²) in [4.78, 5) is 2.24. The van der Waals surface area contributed by atoms with Crippen LogP contribution in [0.4, 0.5) is 5.69 Å². The van der Waals surface area contributed by atoms with Gasteiger partial charge in [0.25, 0.3) is 0 Å². The van der Waals surface area contributed by atoms with Crippen molar-refractivity contribution < 1.29 is 4.74 Å². The van der Waals surface area contributed by atoms with E-state index in [1.54, 1.807) is 0 Å². The number of benzene rings is 2. The summed E-state index contributed by atoms with van der Waals surface area (Å²) in [5.74, 6) is 0.960. The van der Waals surface area contributed by atoms with Gasteiger partial charge in [-0.15, -0.1) is 0 Å². The second kappa shape index (κ2) is 5.03. The summed E-state index contributed by atoms with van der Waals surface area (Å²) in [6.07, 6.45) is 0. The van der Waals surface area contributed by atoms with E-state index in [4.69, 9.17) is 10.00 Å². The summed E-state index contributed by atoms with van der Waals surface area (Å²) < 4.78 is 5.75. The zero-order valence-electron chi connectivity index (χ0n) is 10.5. The first-order valence-corrected chi connectivity index (χ1v) is 6.32. The van der Waals surface area contributed by atoms with Crippen LogP contribution in [0, 0.1) is 11.3 Å². The van der Waals surface area contributed by atoms with Gasteiger partial charge in [0.15, 0.2) is 0 Å². The molecule has 94 valence electrons. The SMILES string of the molecule is N#Cc1cccc(N2CCOc3ccccc3C2)c1. The fourth-order valence-electron chi connectivity index (χ4n) is 2.32. The Kier molecular flexibility index (Phi) is 3.07. The Labute approximate surface area is 112 Å². The number of hydrogen-bond acceptors (Lipinski definition) is 3. The summed E-state index contributed by atoms with van der Waals surface area (Å²) in [7, 11) is 0. The Balaban J connectivity index is 1.92. The van der Waals surface area contributed by atoms with Crippen molar-refractivity contribution in [3.8, 4) is 11.8 Å². The average Bonchev–Trinajstić information content (AvgIpc) is 2.69. The summed E-state index contributed by atoms with van der Waals surface area (Å²) in [5.41, 5.74) is 2.94. The fraction of sp³-hybridized carbons (Fsp3) is 0.188. The highest BCUT2D eigenvalue weighted by atomic mass is 16.5. The maximum Gasteiger partial charge on any atom is 0.124 e. The summed E-state index contributed by atoms with van der Waals surface area (Å²) in [6.45, 7) is 2.29. The lowest BCUT2D eigenvalue weighted by atomic mass is 10.1. The summed E-state index contributed by atoms with van der Waals surface area (Å²) in [6, 6.07) is 18.0. The van der Waals surface area contributed by atoms with Crippen molar-refractivity contribution >= 4 is 5.69 Å². The van der Waals surface area contributed by atoms with Crippen LogP contribution >= 0.6 is 0 Å². The van der Waals surface area contributed by atoms with Crippen LogP contribution < -0.4 is 9.64 Å². The Morgan fingerprint density at radius 2 is 2.00 bits per heavy atom. The van der Waals surface area contributed by atoms with E-state index < -0.39 is 0 Å². The van der Waals surface area contributed by atoms with E-state index in [1.165, 1.54) is 5.56 Å². The van der Waals surface area contributed by atoms with Crippen LogP contribution in [0.25, 0.3) is 0 Å².